The maximum absolute atomic E-state index is 11.6. The fourth-order valence-electron chi connectivity index (χ4n) is 2.96. The second-order valence-corrected chi connectivity index (χ2v) is 5.88. The molecule has 1 aliphatic carbocycles. The van der Waals surface area contributed by atoms with Crippen molar-refractivity contribution in [3.05, 3.63) is 53.7 Å². The van der Waals surface area contributed by atoms with Crippen molar-refractivity contribution in [2.24, 2.45) is 0 Å². The molecule has 1 fully saturated rings. The highest BCUT2D eigenvalue weighted by Gasteiger charge is 2.38. The Kier molecular flexibility index (Phi) is 4.55. The van der Waals surface area contributed by atoms with Crippen molar-refractivity contribution in [2.45, 2.75) is 31.6 Å². The lowest BCUT2D eigenvalue weighted by Crippen LogP contribution is -2.41. The molecule has 0 spiro atoms. The normalized spacial score (nSPS) is 15.5. The van der Waals surface area contributed by atoms with E-state index >= 15 is 0 Å². The Hall–Kier alpha value is -2.43. The van der Waals surface area contributed by atoms with Crippen LogP contribution in [0.2, 0.25) is 0 Å². The predicted octanol–water partition coefficient (Wildman–Crippen LogP) is 3.19. The summed E-state index contributed by atoms with van der Waals surface area (Å²) in [6.45, 7) is 2.92. The van der Waals surface area contributed by atoms with Gasteiger partial charge in [-0.1, -0.05) is 36.8 Å². The summed E-state index contributed by atoms with van der Waals surface area (Å²) in [7, 11) is 0. The quantitative estimate of drug-likeness (QED) is 0.830. The first-order chi connectivity index (χ1) is 11.2. The molecule has 1 N–H and O–H groups in total. The van der Waals surface area contributed by atoms with Crippen molar-refractivity contribution in [3.8, 4) is 0 Å². The van der Waals surface area contributed by atoms with E-state index in [0.717, 1.165) is 6.54 Å². The van der Waals surface area contributed by atoms with Crippen LogP contribution in [0.15, 0.2) is 42.5 Å². The minimum Gasteiger partial charge on any atom is -0.461 e. The molecule has 0 radical (unpaired) electrons. The lowest BCUT2D eigenvalue weighted by Gasteiger charge is -2.42. The van der Waals surface area contributed by atoms with Gasteiger partial charge < -0.3 is 10.1 Å². The molecule has 5 heteroatoms. The average Bonchev–Trinajstić information content (AvgIpc) is 2.56. The Balaban J connectivity index is 1.65. The number of aromatic nitrogens is 2. The highest BCUT2D eigenvalue weighted by Crippen LogP contribution is 2.43. The number of benzene rings is 1. The van der Waals surface area contributed by atoms with Gasteiger partial charge in [0.05, 0.1) is 6.61 Å². The zero-order valence-electron chi connectivity index (χ0n) is 13.3. The molecular weight excluding hydrogens is 290 g/mol. The number of carbonyl (C=O) groups excluding carboxylic acids is 1. The van der Waals surface area contributed by atoms with Gasteiger partial charge in [-0.05, 0) is 37.5 Å². The van der Waals surface area contributed by atoms with Crippen LogP contribution < -0.4 is 5.32 Å². The molecule has 120 valence electrons. The van der Waals surface area contributed by atoms with Gasteiger partial charge in [0.15, 0.2) is 5.69 Å². The number of ether oxygens (including phenoxy) is 1. The average molecular weight is 311 g/mol. The number of hydrogen-bond acceptors (Lipinski definition) is 5. The van der Waals surface area contributed by atoms with Crippen molar-refractivity contribution in [2.75, 3.05) is 18.5 Å². The molecule has 1 aromatic carbocycles. The van der Waals surface area contributed by atoms with E-state index in [2.05, 4.69) is 39.8 Å². The molecular formula is C18H21N3O2. The number of hydrogen-bond donors (Lipinski definition) is 1. The minimum atomic E-state index is -0.439. The lowest BCUT2D eigenvalue weighted by molar-refractivity contribution is 0.0518. The third-order valence-corrected chi connectivity index (χ3v) is 4.45. The van der Waals surface area contributed by atoms with Crippen molar-refractivity contribution in [3.63, 3.8) is 0 Å². The maximum Gasteiger partial charge on any atom is 0.358 e. The van der Waals surface area contributed by atoms with E-state index in [1.165, 1.54) is 24.8 Å². The van der Waals surface area contributed by atoms with E-state index in [9.17, 15) is 4.79 Å². The molecule has 1 aliphatic rings. The minimum absolute atomic E-state index is 0.183. The summed E-state index contributed by atoms with van der Waals surface area (Å²) in [5, 5.41) is 11.4. The lowest BCUT2D eigenvalue weighted by atomic mass is 9.64. The molecule has 1 aromatic heterocycles. The summed E-state index contributed by atoms with van der Waals surface area (Å²) in [6, 6.07) is 14.0. The fraction of sp³-hybridized carbons (Fsp3) is 0.389. The van der Waals surface area contributed by atoms with Crippen molar-refractivity contribution < 1.29 is 9.53 Å². The Morgan fingerprint density at radius 2 is 1.96 bits per heavy atom. The molecule has 0 saturated heterocycles. The van der Waals surface area contributed by atoms with Crippen molar-refractivity contribution in [1.29, 1.82) is 0 Å². The number of rotatable bonds is 6. The summed E-state index contributed by atoms with van der Waals surface area (Å²) in [6.07, 6.45) is 3.61. The van der Waals surface area contributed by atoms with Crippen LogP contribution in [0.4, 0.5) is 5.82 Å². The molecule has 3 rings (SSSR count). The number of carbonyl (C=O) groups is 1. The van der Waals surface area contributed by atoms with E-state index < -0.39 is 5.97 Å². The second kappa shape index (κ2) is 6.77. The van der Waals surface area contributed by atoms with Crippen LogP contribution in [-0.4, -0.2) is 29.3 Å². The number of nitrogens with one attached hydrogen (secondary N) is 1. The van der Waals surface area contributed by atoms with E-state index in [-0.39, 0.29) is 11.1 Å². The first-order valence-electron chi connectivity index (χ1n) is 8.04. The van der Waals surface area contributed by atoms with Crippen LogP contribution in [0, 0.1) is 0 Å². The molecule has 23 heavy (non-hydrogen) atoms. The predicted molar refractivity (Wildman–Crippen MR) is 88.4 cm³/mol. The van der Waals surface area contributed by atoms with E-state index in [1.54, 1.807) is 19.1 Å². The van der Waals surface area contributed by atoms with Gasteiger partial charge in [0.25, 0.3) is 0 Å². The Morgan fingerprint density at radius 1 is 1.17 bits per heavy atom. The smallest absolute Gasteiger partial charge is 0.358 e. The topological polar surface area (TPSA) is 64.1 Å². The third-order valence-electron chi connectivity index (χ3n) is 4.45. The molecule has 5 nitrogen and oxygen atoms in total. The van der Waals surface area contributed by atoms with Crippen LogP contribution in [-0.2, 0) is 10.2 Å². The molecule has 2 aromatic rings. The highest BCUT2D eigenvalue weighted by molar-refractivity contribution is 5.87. The SMILES string of the molecule is CCOC(=O)c1ccc(NCC2(c3ccccc3)CCC2)nn1. The van der Waals surface area contributed by atoms with E-state index in [4.69, 9.17) is 4.74 Å². The molecule has 0 unspecified atom stereocenters. The standard InChI is InChI=1S/C18H21N3O2/c1-2-23-17(22)15-9-10-16(21-20-15)19-13-18(11-6-12-18)14-7-4-3-5-8-14/h3-5,7-10H,2,6,11-13H2,1H3,(H,19,21). The van der Waals surface area contributed by atoms with Crippen LogP contribution >= 0.6 is 0 Å². The fourth-order valence-corrected chi connectivity index (χ4v) is 2.96. The Bertz CT molecular complexity index is 652. The summed E-state index contributed by atoms with van der Waals surface area (Å²) < 4.78 is 4.90. The molecule has 0 atom stereocenters. The number of anilines is 1. The Morgan fingerprint density at radius 3 is 2.52 bits per heavy atom. The largest absolute Gasteiger partial charge is 0.461 e. The van der Waals surface area contributed by atoms with Crippen LogP contribution in [0.5, 0.6) is 0 Å². The zero-order chi connectivity index (χ0) is 16.1. The second-order valence-electron chi connectivity index (χ2n) is 5.88. The van der Waals surface area contributed by atoms with Crippen molar-refractivity contribution >= 4 is 11.8 Å². The first kappa shape index (κ1) is 15.5. The Labute approximate surface area is 136 Å². The summed E-state index contributed by atoms with van der Waals surface area (Å²) in [5.74, 6) is 0.242. The van der Waals surface area contributed by atoms with Gasteiger partial charge in [-0.15, -0.1) is 10.2 Å². The van der Waals surface area contributed by atoms with Gasteiger partial charge in [-0.2, -0.15) is 0 Å². The van der Waals surface area contributed by atoms with Crippen LogP contribution in [0.1, 0.15) is 42.2 Å². The number of esters is 1. The van der Waals surface area contributed by atoms with Gasteiger partial charge in [0.2, 0.25) is 0 Å². The van der Waals surface area contributed by atoms with Gasteiger partial charge in [-0.3, -0.25) is 0 Å². The zero-order valence-corrected chi connectivity index (χ0v) is 13.3. The molecule has 0 aliphatic heterocycles. The van der Waals surface area contributed by atoms with E-state index in [0.29, 0.717) is 12.4 Å². The van der Waals surface area contributed by atoms with Crippen LogP contribution in [0.25, 0.3) is 0 Å². The van der Waals surface area contributed by atoms with Gasteiger partial charge in [0, 0.05) is 12.0 Å². The van der Waals surface area contributed by atoms with Gasteiger partial charge in [0.1, 0.15) is 5.82 Å². The highest BCUT2D eigenvalue weighted by atomic mass is 16.5. The molecule has 0 bridgehead atoms. The summed E-state index contributed by atoms with van der Waals surface area (Å²) in [4.78, 5) is 11.6. The van der Waals surface area contributed by atoms with Gasteiger partial charge in [-0.25, -0.2) is 4.79 Å². The third kappa shape index (κ3) is 3.33. The van der Waals surface area contributed by atoms with Gasteiger partial charge >= 0.3 is 5.97 Å². The van der Waals surface area contributed by atoms with Crippen molar-refractivity contribution in [1.82, 2.24) is 10.2 Å². The van der Waals surface area contributed by atoms with Crippen LogP contribution in [0.3, 0.4) is 0 Å². The molecule has 1 heterocycles. The first-order valence-corrected chi connectivity index (χ1v) is 8.04. The maximum atomic E-state index is 11.6. The summed E-state index contributed by atoms with van der Waals surface area (Å²) in [5.41, 5.74) is 1.79. The monoisotopic (exact) mass is 311 g/mol. The molecule has 0 amide bonds. The molecule has 1 saturated carbocycles. The summed E-state index contributed by atoms with van der Waals surface area (Å²) >= 11 is 0. The number of nitrogens with zero attached hydrogens (tertiary/aromatic N) is 2. The van der Waals surface area contributed by atoms with E-state index in [1.807, 2.05) is 6.07 Å².